The lowest BCUT2D eigenvalue weighted by atomic mass is 9.94. The maximum atomic E-state index is 14.0. The Morgan fingerprint density at radius 1 is 1.03 bits per heavy atom. The largest absolute Gasteiger partial charge is 0.351 e. The molecular weight excluding hydrogens is 490 g/mol. The molecule has 2 heterocycles. The molecule has 1 aliphatic rings. The van der Waals surface area contributed by atoms with Gasteiger partial charge in [0.15, 0.2) is 0 Å². The normalized spacial score (nSPS) is 14.9. The third kappa shape index (κ3) is 5.61. The van der Waals surface area contributed by atoms with E-state index in [0.717, 1.165) is 47.7 Å². The Bertz CT molecular complexity index is 1330. The van der Waals surface area contributed by atoms with E-state index in [-0.39, 0.29) is 24.4 Å². The van der Waals surface area contributed by atoms with Gasteiger partial charge in [-0.2, -0.15) is 0 Å². The molecule has 0 radical (unpaired) electrons. The number of halogens is 1. The molecule has 1 aliphatic carbocycles. The molecule has 1 saturated carbocycles. The van der Waals surface area contributed by atoms with Gasteiger partial charge in [-0.15, -0.1) is 11.3 Å². The van der Waals surface area contributed by atoms with Crippen molar-refractivity contribution in [2.45, 2.75) is 50.7 Å². The minimum atomic E-state index is -0.790. The lowest BCUT2D eigenvalue weighted by Gasteiger charge is -2.33. The summed E-state index contributed by atoms with van der Waals surface area (Å²) >= 11 is 7.50. The van der Waals surface area contributed by atoms with Crippen LogP contribution in [0.1, 0.15) is 58.9 Å². The maximum Gasteiger partial charge on any atom is 0.265 e. The van der Waals surface area contributed by atoms with E-state index in [1.807, 2.05) is 72.1 Å². The van der Waals surface area contributed by atoms with Crippen molar-refractivity contribution in [1.82, 2.24) is 15.2 Å². The first-order chi connectivity index (χ1) is 17.6. The van der Waals surface area contributed by atoms with E-state index in [9.17, 15) is 9.59 Å². The van der Waals surface area contributed by atoms with Crippen LogP contribution in [0.5, 0.6) is 0 Å². The van der Waals surface area contributed by atoms with Crippen LogP contribution >= 0.6 is 22.9 Å². The number of carbonyl (C=O) groups excluding carboxylic acids is 2. The quantitative estimate of drug-likeness (QED) is 0.294. The molecule has 1 unspecified atom stereocenters. The van der Waals surface area contributed by atoms with Crippen molar-refractivity contribution >= 4 is 45.7 Å². The second-order valence-electron chi connectivity index (χ2n) is 9.24. The van der Waals surface area contributed by atoms with Crippen molar-refractivity contribution < 1.29 is 9.59 Å². The highest BCUT2D eigenvalue weighted by Gasteiger charge is 2.34. The SMILES string of the molecule is O=C(NC1CCCCC1)C(c1ccc2ncccc2c1)N(Cc1ccc(Cl)cc1)C(=O)c1cccs1. The van der Waals surface area contributed by atoms with E-state index in [2.05, 4.69) is 10.3 Å². The molecular formula is C29H28ClN3O2S. The van der Waals surface area contributed by atoms with Crippen molar-refractivity contribution in [3.63, 3.8) is 0 Å². The topological polar surface area (TPSA) is 62.3 Å². The molecule has 1 fully saturated rings. The monoisotopic (exact) mass is 517 g/mol. The molecule has 1 atom stereocenters. The fourth-order valence-electron chi connectivity index (χ4n) is 4.87. The van der Waals surface area contributed by atoms with Crippen molar-refractivity contribution in [1.29, 1.82) is 0 Å². The highest BCUT2D eigenvalue weighted by molar-refractivity contribution is 7.12. The smallest absolute Gasteiger partial charge is 0.265 e. The number of rotatable bonds is 7. The van der Waals surface area contributed by atoms with Crippen LogP contribution in [0.25, 0.3) is 10.9 Å². The van der Waals surface area contributed by atoms with E-state index in [1.54, 1.807) is 11.1 Å². The number of hydrogen-bond acceptors (Lipinski definition) is 4. The fourth-order valence-corrected chi connectivity index (χ4v) is 5.68. The predicted octanol–water partition coefficient (Wildman–Crippen LogP) is 6.78. The van der Waals surface area contributed by atoms with Gasteiger partial charge in [-0.05, 0) is 65.7 Å². The Morgan fingerprint density at radius 2 is 1.83 bits per heavy atom. The Morgan fingerprint density at radius 3 is 2.58 bits per heavy atom. The van der Waals surface area contributed by atoms with Crippen LogP contribution in [-0.4, -0.2) is 27.7 Å². The van der Waals surface area contributed by atoms with Crippen LogP contribution in [0.15, 0.2) is 78.3 Å². The van der Waals surface area contributed by atoms with Gasteiger partial charge in [0.05, 0.1) is 10.4 Å². The summed E-state index contributed by atoms with van der Waals surface area (Å²) in [5.41, 5.74) is 2.52. The zero-order chi connectivity index (χ0) is 24.9. The van der Waals surface area contributed by atoms with Gasteiger partial charge in [0.25, 0.3) is 5.91 Å². The summed E-state index contributed by atoms with van der Waals surface area (Å²) in [5, 5.41) is 6.72. The van der Waals surface area contributed by atoms with Crippen molar-refractivity contribution in [3.8, 4) is 0 Å². The minimum absolute atomic E-state index is 0.130. The number of nitrogens with zero attached hydrogens (tertiary/aromatic N) is 2. The molecule has 0 bridgehead atoms. The number of carbonyl (C=O) groups is 2. The second kappa shape index (κ2) is 11.2. The predicted molar refractivity (Wildman–Crippen MR) is 145 cm³/mol. The first-order valence-electron chi connectivity index (χ1n) is 12.3. The van der Waals surface area contributed by atoms with E-state index < -0.39 is 6.04 Å². The standard InChI is InChI=1S/C29H28ClN3O2S/c30-23-13-10-20(11-14-23)19-33(29(35)26-9-5-17-36-26)27(28(34)32-24-7-2-1-3-8-24)22-12-15-25-21(18-22)6-4-16-31-25/h4-6,9-18,24,27H,1-3,7-8,19H2,(H,32,34). The highest BCUT2D eigenvalue weighted by atomic mass is 35.5. The molecule has 7 heteroatoms. The lowest BCUT2D eigenvalue weighted by molar-refractivity contribution is -0.127. The summed E-state index contributed by atoms with van der Waals surface area (Å²) in [6.45, 7) is 0.279. The summed E-state index contributed by atoms with van der Waals surface area (Å²) < 4.78 is 0. The summed E-state index contributed by atoms with van der Waals surface area (Å²) in [5.74, 6) is -0.320. The van der Waals surface area contributed by atoms with Crippen LogP contribution < -0.4 is 5.32 Å². The van der Waals surface area contributed by atoms with E-state index in [1.165, 1.54) is 17.8 Å². The van der Waals surface area contributed by atoms with E-state index >= 15 is 0 Å². The summed E-state index contributed by atoms with van der Waals surface area (Å²) in [6, 6.07) is 20.1. The van der Waals surface area contributed by atoms with Gasteiger partial charge in [0.1, 0.15) is 6.04 Å². The van der Waals surface area contributed by atoms with E-state index in [4.69, 9.17) is 11.6 Å². The zero-order valence-corrected chi connectivity index (χ0v) is 21.5. The molecule has 0 aliphatic heterocycles. The third-order valence-corrected chi connectivity index (χ3v) is 7.82. The van der Waals surface area contributed by atoms with E-state index in [0.29, 0.717) is 9.90 Å². The van der Waals surface area contributed by atoms with Crippen LogP contribution in [0, 0.1) is 0 Å². The fraction of sp³-hybridized carbons (Fsp3) is 0.276. The van der Waals surface area contributed by atoms with Crippen molar-refractivity contribution in [2.75, 3.05) is 0 Å². The molecule has 1 N–H and O–H groups in total. The molecule has 36 heavy (non-hydrogen) atoms. The average Bonchev–Trinajstić information content (AvgIpc) is 3.45. The van der Waals surface area contributed by atoms with Gasteiger partial charge < -0.3 is 10.2 Å². The number of amides is 2. The molecule has 2 amide bonds. The molecule has 5 nitrogen and oxygen atoms in total. The van der Waals surface area contributed by atoms with Crippen LogP contribution in [-0.2, 0) is 11.3 Å². The van der Waals surface area contributed by atoms with Crippen LogP contribution in [0.2, 0.25) is 5.02 Å². The van der Waals surface area contributed by atoms with Gasteiger partial charge >= 0.3 is 0 Å². The van der Waals surface area contributed by atoms with Gasteiger partial charge in [0.2, 0.25) is 5.91 Å². The van der Waals surface area contributed by atoms with Gasteiger partial charge in [-0.1, -0.05) is 61.2 Å². The first kappa shape index (κ1) is 24.5. The Balaban J connectivity index is 1.57. The number of benzene rings is 2. The summed E-state index contributed by atoms with van der Waals surface area (Å²) in [4.78, 5) is 34.5. The average molecular weight is 518 g/mol. The van der Waals surface area contributed by atoms with Gasteiger partial charge in [0, 0.05) is 29.2 Å². The van der Waals surface area contributed by atoms with Crippen LogP contribution in [0.4, 0.5) is 0 Å². The molecule has 0 saturated heterocycles. The second-order valence-corrected chi connectivity index (χ2v) is 10.6. The molecule has 5 rings (SSSR count). The Kier molecular flexibility index (Phi) is 7.63. The first-order valence-corrected chi connectivity index (χ1v) is 13.6. The third-order valence-electron chi connectivity index (χ3n) is 6.71. The Labute approximate surface area is 220 Å². The Hall–Kier alpha value is -3.22. The molecule has 184 valence electrons. The zero-order valence-electron chi connectivity index (χ0n) is 19.9. The number of pyridine rings is 1. The number of hydrogen-bond donors (Lipinski definition) is 1. The molecule has 2 aromatic heterocycles. The maximum absolute atomic E-state index is 14.0. The van der Waals surface area contributed by atoms with Crippen molar-refractivity contribution in [2.24, 2.45) is 0 Å². The summed E-state index contributed by atoms with van der Waals surface area (Å²) in [6.07, 6.45) is 7.11. The molecule has 4 aromatic rings. The highest BCUT2D eigenvalue weighted by Crippen LogP contribution is 2.30. The number of fused-ring (bicyclic) bond motifs is 1. The minimum Gasteiger partial charge on any atom is -0.351 e. The number of thiophene rings is 1. The van der Waals surface area contributed by atoms with Crippen molar-refractivity contribution in [3.05, 3.63) is 99.3 Å². The molecule has 0 spiro atoms. The lowest BCUT2D eigenvalue weighted by Crippen LogP contribution is -2.46. The molecule has 2 aromatic carbocycles. The number of aromatic nitrogens is 1. The number of nitrogens with one attached hydrogen (secondary N) is 1. The van der Waals surface area contributed by atoms with Gasteiger partial charge in [-0.25, -0.2) is 0 Å². The summed E-state index contributed by atoms with van der Waals surface area (Å²) in [7, 11) is 0. The van der Waals surface area contributed by atoms with Crippen LogP contribution in [0.3, 0.4) is 0 Å². The van der Waals surface area contributed by atoms with Gasteiger partial charge in [-0.3, -0.25) is 14.6 Å².